The van der Waals surface area contributed by atoms with Crippen molar-refractivity contribution < 1.29 is 17.7 Å². The molecule has 4 rings (SSSR count). The van der Waals surface area contributed by atoms with Crippen LogP contribution in [-0.2, 0) is 21.4 Å². The first-order valence-electron chi connectivity index (χ1n) is 9.31. The van der Waals surface area contributed by atoms with Crippen molar-refractivity contribution in [1.82, 2.24) is 19.8 Å². The van der Waals surface area contributed by atoms with Crippen molar-refractivity contribution in [2.45, 2.75) is 36.9 Å². The molecule has 0 aliphatic carbocycles. The number of carbonyl (C=O) groups is 1. The maximum atomic E-state index is 13.7. The Morgan fingerprint density at radius 2 is 2.00 bits per heavy atom. The molecule has 0 radical (unpaired) electrons. The van der Waals surface area contributed by atoms with Crippen molar-refractivity contribution in [3.8, 4) is 0 Å². The SMILES string of the molecule is O=C1NCCCCC1N(Cc1ccc(Br)cc1)S(=O)(=O)c1ncc(Cl)c2oncc12. The number of fused-ring (bicyclic) bond motifs is 1. The van der Waals surface area contributed by atoms with E-state index < -0.39 is 16.1 Å². The van der Waals surface area contributed by atoms with Crippen LogP contribution in [0, 0.1) is 0 Å². The van der Waals surface area contributed by atoms with Crippen LogP contribution in [0.3, 0.4) is 0 Å². The van der Waals surface area contributed by atoms with Gasteiger partial charge < -0.3 is 9.84 Å². The van der Waals surface area contributed by atoms with E-state index in [0.717, 1.165) is 22.9 Å². The summed E-state index contributed by atoms with van der Waals surface area (Å²) in [4.78, 5) is 16.8. The van der Waals surface area contributed by atoms with Crippen LogP contribution in [0.5, 0.6) is 0 Å². The minimum atomic E-state index is -4.18. The highest BCUT2D eigenvalue weighted by atomic mass is 79.9. The summed E-state index contributed by atoms with van der Waals surface area (Å²) in [5.41, 5.74) is 0.883. The summed E-state index contributed by atoms with van der Waals surface area (Å²) in [5, 5.41) is 6.57. The van der Waals surface area contributed by atoms with Gasteiger partial charge in [0.2, 0.25) is 5.91 Å². The minimum Gasteiger partial charge on any atom is -0.355 e. The number of pyridine rings is 1. The Bertz CT molecular complexity index is 1180. The monoisotopic (exact) mass is 512 g/mol. The molecule has 0 saturated carbocycles. The number of rotatable bonds is 5. The highest BCUT2D eigenvalue weighted by Crippen LogP contribution is 2.31. The summed E-state index contributed by atoms with van der Waals surface area (Å²) in [5.74, 6) is -0.316. The summed E-state index contributed by atoms with van der Waals surface area (Å²) in [6.07, 6.45) is 4.43. The Kier molecular flexibility index (Phi) is 6.10. The van der Waals surface area contributed by atoms with E-state index in [0.29, 0.717) is 13.0 Å². The van der Waals surface area contributed by atoms with Crippen LogP contribution in [0.1, 0.15) is 24.8 Å². The third kappa shape index (κ3) is 4.09. The minimum absolute atomic E-state index is 0.0186. The number of halogens is 2. The van der Waals surface area contributed by atoms with Crippen LogP contribution < -0.4 is 5.32 Å². The quantitative estimate of drug-likeness (QED) is 0.560. The van der Waals surface area contributed by atoms with Crippen LogP contribution in [0.4, 0.5) is 0 Å². The van der Waals surface area contributed by atoms with Gasteiger partial charge in [-0.25, -0.2) is 13.4 Å². The largest absolute Gasteiger partial charge is 0.355 e. The molecule has 3 aromatic rings. The maximum absolute atomic E-state index is 13.7. The molecular formula is C19H18BrClN4O4S. The van der Waals surface area contributed by atoms with Gasteiger partial charge in [0.15, 0.2) is 10.6 Å². The number of hydrogen-bond acceptors (Lipinski definition) is 6. The third-order valence-corrected chi connectivity index (χ3v) is 7.58. The first-order valence-corrected chi connectivity index (χ1v) is 11.9. The number of benzene rings is 1. The second-order valence-electron chi connectivity index (χ2n) is 6.96. The molecule has 11 heteroatoms. The second-order valence-corrected chi connectivity index (χ2v) is 10.1. The third-order valence-electron chi connectivity index (χ3n) is 4.97. The van der Waals surface area contributed by atoms with E-state index in [1.807, 2.05) is 24.3 Å². The smallest absolute Gasteiger partial charge is 0.262 e. The van der Waals surface area contributed by atoms with Crippen molar-refractivity contribution in [2.24, 2.45) is 0 Å². The normalized spacial score (nSPS) is 17.8. The van der Waals surface area contributed by atoms with Crippen LogP contribution >= 0.6 is 27.5 Å². The molecular weight excluding hydrogens is 496 g/mol. The van der Waals surface area contributed by atoms with Gasteiger partial charge in [-0.3, -0.25) is 4.79 Å². The molecule has 3 heterocycles. The average Bonchev–Trinajstić information content (AvgIpc) is 3.12. The molecule has 1 unspecified atom stereocenters. The zero-order valence-corrected chi connectivity index (χ0v) is 18.9. The number of nitrogens with one attached hydrogen (secondary N) is 1. The van der Waals surface area contributed by atoms with Crippen LogP contribution in [0.25, 0.3) is 11.0 Å². The molecule has 30 heavy (non-hydrogen) atoms. The molecule has 1 saturated heterocycles. The topological polar surface area (TPSA) is 105 Å². The summed E-state index contributed by atoms with van der Waals surface area (Å²) < 4.78 is 34.7. The molecule has 1 aliphatic heterocycles. The highest BCUT2D eigenvalue weighted by Gasteiger charge is 2.38. The Morgan fingerprint density at radius 1 is 1.23 bits per heavy atom. The first kappa shape index (κ1) is 21.2. The summed E-state index contributed by atoms with van der Waals surface area (Å²) >= 11 is 9.44. The summed E-state index contributed by atoms with van der Waals surface area (Å²) in [7, 11) is -4.18. The van der Waals surface area contributed by atoms with E-state index in [1.165, 1.54) is 16.7 Å². The molecule has 1 atom stereocenters. The fourth-order valence-corrected chi connectivity index (χ4v) is 5.59. The van der Waals surface area contributed by atoms with Gasteiger partial charge in [0.25, 0.3) is 10.0 Å². The zero-order valence-electron chi connectivity index (χ0n) is 15.7. The van der Waals surface area contributed by atoms with Gasteiger partial charge in [0, 0.05) is 17.6 Å². The molecule has 0 spiro atoms. The number of carbonyl (C=O) groups excluding carboxylic acids is 1. The maximum Gasteiger partial charge on any atom is 0.262 e. The molecule has 1 fully saturated rings. The zero-order chi connectivity index (χ0) is 21.3. The number of sulfonamides is 1. The van der Waals surface area contributed by atoms with Crippen LogP contribution in [0.2, 0.25) is 5.02 Å². The van der Waals surface area contributed by atoms with Crippen molar-refractivity contribution in [1.29, 1.82) is 0 Å². The molecule has 8 nitrogen and oxygen atoms in total. The van der Waals surface area contributed by atoms with Gasteiger partial charge in [-0.15, -0.1) is 0 Å². The van der Waals surface area contributed by atoms with Crippen LogP contribution in [-0.4, -0.2) is 41.4 Å². The fourth-order valence-electron chi connectivity index (χ4n) is 3.45. The Hall–Kier alpha value is -2.01. The van der Waals surface area contributed by atoms with E-state index in [9.17, 15) is 13.2 Å². The molecule has 0 bridgehead atoms. The van der Waals surface area contributed by atoms with Gasteiger partial charge in [-0.05, 0) is 37.0 Å². The van der Waals surface area contributed by atoms with Crippen molar-refractivity contribution in [3.63, 3.8) is 0 Å². The van der Waals surface area contributed by atoms with E-state index in [1.54, 1.807) is 0 Å². The Balaban J connectivity index is 1.82. The molecule has 1 aliphatic rings. The predicted molar refractivity (Wildman–Crippen MR) is 114 cm³/mol. The lowest BCUT2D eigenvalue weighted by atomic mass is 10.1. The van der Waals surface area contributed by atoms with Crippen LogP contribution in [0.15, 0.2) is 50.7 Å². The molecule has 1 amide bonds. The average molecular weight is 514 g/mol. The van der Waals surface area contributed by atoms with E-state index in [4.69, 9.17) is 16.1 Å². The predicted octanol–water partition coefficient (Wildman–Crippen LogP) is 3.50. The molecule has 158 valence electrons. The van der Waals surface area contributed by atoms with Gasteiger partial charge in [0.1, 0.15) is 11.1 Å². The van der Waals surface area contributed by atoms with Crippen molar-refractivity contribution in [2.75, 3.05) is 6.54 Å². The van der Waals surface area contributed by atoms with Gasteiger partial charge in [-0.2, -0.15) is 4.31 Å². The molecule has 1 aromatic carbocycles. The van der Waals surface area contributed by atoms with Crippen molar-refractivity contribution in [3.05, 3.63) is 51.7 Å². The Morgan fingerprint density at radius 3 is 2.77 bits per heavy atom. The van der Waals surface area contributed by atoms with Crippen molar-refractivity contribution >= 4 is 54.4 Å². The summed E-state index contributed by atoms with van der Waals surface area (Å²) in [6.45, 7) is 0.543. The van der Waals surface area contributed by atoms with E-state index in [-0.39, 0.29) is 33.5 Å². The highest BCUT2D eigenvalue weighted by molar-refractivity contribution is 9.10. The number of amides is 1. The Labute approximate surface area is 186 Å². The lowest BCUT2D eigenvalue weighted by Crippen LogP contribution is -2.48. The number of hydrogen-bond donors (Lipinski definition) is 1. The van der Waals surface area contributed by atoms with Gasteiger partial charge >= 0.3 is 0 Å². The fraction of sp³-hybridized carbons (Fsp3) is 0.316. The summed E-state index contributed by atoms with van der Waals surface area (Å²) in [6, 6.07) is 6.42. The standard InChI is InChI=1S/C19H18BrClN4O4S/c20-13-6-4-12(5-7-13)11-25(16-3-1-2-8-22-18(16)26)30(27,28)19-14-9-24-29-17(14)15(21)10-23-19/h4-7,9-10,16H,1-3,8,11H2,(H,22,26). The lowest BCUT2D eigenvalue weighted by molar-refractivity contribution is -0.124. The second kappa shape index (κ2) is 8.62. The first-order chi connectivity index (χ1) is 14.4. The number of nitrogens with zero attached hydrogens (tertiary/aromatic N) is 3. The molecule has 1 N–H and O–H groups in total. The van der Waals surface area contributed by atoms with Gasteiger partial charge in [0.05, 0.1) is 17.8 Å². The molecule has 2 aromatic heterocycles. The lowest BCUT2D eigenvalue weighted by Gasteiger charge is -2.29. The van der Waals surface area contributed by atoms with Gasteiger partial charge in [-0.1, -0.05) is 44.8 Å². The van der Waals surface area contributed by atoms with E-state index in [2.05, 4.69) is 31.4 Å². The van der Waals surface area contributed by atoms with E-state index >= 15 is 0 Å². The number of aromatic nitrogens is 2.